The zero-order valence-electron chi connectivity index (χ0n) is 15.2. The number of hydrogen-bond acceptors (Lipinski definition) is 4. The highest BCUT2D eigenvalue weighted by Gasteiger charge is 2.31. The lowest BCUT2D eigenvalue weighted by Gasteiger charge is -2.32. The van der Waals surface area contributed by atoms with Gasteiger partial charge >= 0.3 is 0 Å². The Bertz CT molecular complexity index is 954. The second-order valence-corrected chi connectivity index (χ2v) is 6.65. The highest BCUT2D eigenvalue weighted by atomic mass is 16.5. The van der Waals surface area contributed by atoms with Crippen molar-refractivity contribution in [2.24, 2.45) is 0 Å². The summed E-state index contributed by atoms with van der Waals surface area (Å²) in [6, 6.07) is 15.5. The maximum absolute atomic E-state index is 10.5. The van der Waals surface area contributed by atoms with Crippen LogP contribution in [0.5, 0.6) is 23.0 Å². The molecule has 1 aliphatic rings. The minimum absolute atomic E-state index is 0.0375. The fourth-order valence-corrected chi connectivity index (χ4v) is 3.99. The molecule has 26 heavy (non-hydrogen) atoms. The van der Waals surface area contributed by atoms with Gasteiger partial charge in [0.15, 0.2) is 0 Å². The van der Waals surface area contributed by atoms with Crippen molar-refractivity contribution in [3.8, 4) is 23.0 Å². The van der Waals surface area contributed by atoms with Gasteiger partial charge in [-0.05, 0) is 48.6 Å². The van der Waals surface area contributed by atoms with Gasteiger partial charge in [0, 0.05) is 11.5 Å². The molecule has 134 valence electrons. The van der Waals surface area contributed by atoms with Crippen molar-refractivity contribution in [1.29, 1.82) is 0 Å². The SMILES string of the molecule is COc1cccc2c([C@@H]3C[C@H](C)Oc4cccc(O)c43)ccc(OC)c12. The van der Waals surface area contributed by atoms with Gasteiger partial charge in [-0.3, -0.25) is 0 Å². The average Bonchev–Trinajstić information content (AvgIpc) is 2.66. The van der Waals surface area contributed by atoms with E-state index in [-0.39, 0.29) is 17.8 Å². The van der Waals surface area contributed by atoms with Crippen LogP contribution in [-0.2, 0) is 0 Å². The van der Waals surface area contributed by atoms with E-state index in [9.17, 15) is 5.11 Å². The maximum Gasteiger partial charge on any atom is 0.130 e. The van der Waals surface area contributed by atoms with Crippen molar-refractivity contribution < 1.29 is 19.3 Å². The summed E-state index contributed by atoms with van der Waals surface area (Å²) in [5.41, 5.74) is 1.98. The summed E-state index contributed by atoms with van der Waals surface area (Å²) in [7, 11) is 3.33. The van der Waals surface area contributed by atoms with Crippen molar-refractivity contribution in [1.82, 2.24) is 0 Å². The number of ether oxygens (including phenoxy) is 3. The van der Waals surface area contributed by atoms with Crippen molar-refractivity contribution in [3.05, 3.63) is 59.7 Å². The Morgan fingerprint density at radius 1 is 0.962 bits per heavy atom. The van der Waals surface area contributed by atoms with Gasteiger partial charge in [0.2, 0.25) is 0 Å². The van der Waals surface area contributed by atoms with Crippen LogP contribution in [0.2, 0.25) is 0 Å². The van der Waals surface area contributed by atoms with Crippen molar-refractivity contribution in [2.45, 2.75) is 25.4 Å². The minimum atomic E-state index is 0.0375. The van der Waals surface area contributed by atoms with Gasteiger partial charge in [-0.2, -0.15) is 0 Å². The molecule has 3 aromatic carbocycles. The second-order valence-electron chi connectivity index (χ2n) is 6.65. The molecule has 2 atom stereocenters. The molecule has 3 aromatic rings. The third kappa shape index (κ3) is 2.53. The molecule has 0 spiro atoms. The first-order valence-corrected chi connectivity index (χ1v) is 8.76. The molecular formula is C22H22O4. The van der Waals surface area contributed by atoms with Gasteiger partial charge in [-0.1, -0.05) is 24.3 Å². The van der Waals surface area contributed by atoms with Crippen LogP contribution in [0.4, 0.5) is 0 Å². The molecule has 4 rings (SSSR count). The van der Waals surface area contributed by atoms with Crippen molar-refractivity contribution >= 4 is 10.8 Å². The lowest BCUT2D eigenvalue weighted by molar-refractivity contribution is 0.181. The second kappa shape index (κ2) is 6.45. The predicted octanol–water partition coefficient (Wildman–Crippen LogP) is 4.87. The topological polar surface area (TPSA) is 47.9 Å². The summed E-state index contributed by atoms with van der Waals surface area (Å²) in [4.78, 5) is 0. The molecule has 0 saturated carbocycles. The maximum atomic E-state index is 10.5. The van der Waals surface area contributed by atoms with E-state index >= 15 is 0 Å². The van der Waals surface area contributed by atoms with E-state index in [0.717, 1.165) is 45.6 Å². The summed E-state index contributed by atoms with van der Waals surface area (Å²) in [6.45, 7) is 2.06. The number of phenols is 1. The van der Waals surface area contributed by atoms with Gasteiger partial charge in [-0.15, -0.1) is 0 Å². The Morgan fingerprint density at radius 2 is 1.69 bits per heavy atom. The molecule has 4 heteroatoms. The lowest BCUT2D eigenvalue weighted by Crippen LogP contribution is -2.23. The number of aromatic hydroxyl groups is 1. The third-order valence-corrected chi connectivity index (χ3v) is 5.10. The molecule has 0 unspecified atom stereocenters. The molecule has 0 saturated heterocycles. The monoisotopic (exact) mass is 350 g/mol. The fourth-order valence-electron chi connectivity index (χ4n) is 3.99. The lowest BCUT2D eigenvalue weighted by atomic mass is 9.81. The zero-order chi connectivity index (χ0) is 18.3. The van der Waals surface area contributed by atoms with Crippen LogP contribution in [0.1, 0.15) is 30.4 Å². The number of methoxy groups -OCH3 is 2. The number of benzene rings is 3. The Morgan fingerprint density at radius 3 is 2.46 bits per heavy atom. The molecule has 1 N–H and O–H groups in total. The molecule has 0 aromatic heterocycles. The number of phenolic OH excluding ortho intramolecular Hbond substituents is 1. The summed E-state index contributed by atoms with van der Waals surface area (Å²) < 4.78 is 17.1. The quantitative estimate of drug-likeness (QED) is 0.732. The van der Waals surface area contributed by atoms with Crippen LogP contribution in [-0.4, -0.2) is 25.4 Å². The molecule has 0 aliphatic carbocycles. The fraction of sp³-hybridized carbons (Fsp3) is 0.273. The predicted molar refractivity (Wildman–Crippen MR) is 102 cm³/mol. The third-order valence-electron chi connectivity index (χ3n) is 5.10. The van der Waals surface area contributed by atoms with Crippen LogP contribution < -0.4 is 14.2 Å². The van der Waals surface area contributed by atoms with Crippen LogP contribution in [0.25, 0.3) is 10.8 Å². The van der Waals surface area contributed by atoms with Gasteiger partial charge in [0.25, 0.3) is 0 Å². The Labute approximate surface area is 152 Å². The zero-order valence-corrected chi connectivity index (χ0v) is 15.2. The van der Waals surface area contributed by atoms with E-state index in [1.807, 2.05) is 30.3 Å². The summed E-state index contributed by atoms with van der Waals surface area (Å²) in [6.07, 6.45) is 0.862. The smallest absolute Gasteiger partial charge is 0.130 e. The highest BCUT2D eigenvalue weighted by Crippen LogP contribution is 2.48. The van der Waals surface area contributed by atoms with Crippen LogP contribution in [0.3, 0.4) is 0 Å². The molecule has 0 radical (unpaired) electrons. The molecule has 0 bridgehead atoms. The molecular weight excluding hydrogens is 328 g/mol. The normalized spacial score (nSPS) is 18.9. The van der Waals surface area contributed by atoms with E-state index in [0.29, 0.717) is 0 Å². The summed E-state index contributed by atoms with van der Waals surface area (Å²) in [5, 5.41) is 12.5. The standard InChI is InChI=1S/C22H22O4/c1-13-12-16(21-17(23)7-5-9-20(21)26-13)14-10-11-19(25-3)22-15(14)6-4-8-18(22)24-2/h4-11,13,16,23H,12H2,1-3H3/t13-,16-/m0/s1. The van der Waals surface area contributed by atoms with Gasteiger partial charge in [0.05, 0.1) is 25.7 Å². The molecule has 0 amide bonds. The molecule has 1 aliphatic heterocycles. The minimum Gasteiger partial charge on any atom is -0.508 e. The van der Waals surface area contributed by atoms with Crippen LogP contribution >= 0.6 is 0 Å². The van der Waals surface area contributed by atoms with Crippen LogP contribution in [0, 0.1) is 0 Å². The molecule has 0 fully saturated rings. The van der Waals surface area contributed by atoms with Gasteiger partial charge < -0.3 is 19.3 Å². The van der Waals surface area contributed by atoms with Crippen LogP contribution in [0.15, 0.2) is 48.5 Å². The first kappa shape index (κ1) is 16.6. The van der Waals surface area contributed by atoms with Gasteiger partial charge in [-0.25, -0.2) is 0 Å². The van der Waals surface area contributed by atoms with E-state index in [4.69, 9.17) is 14.2 Å². The Balaban J connectivity index is 1.99. The van der Waals surface area contributed by atoms with E-state index in [1.54, 1.807) is 20.3 Å². The van der Waals surface area contributed by atoms with E-state index in [2.05, 4.69) is 19.1 Å². The number of hydrogen-bond donors (Lipinski definition) is 1. The molecule has 4 nitrogen and oxygen atoms in total. The Kier molecular flexibility index (Phi) is 4.11. The van der Waals surface area contributed by atoms with E-state index < -0.39 is 0 Å². The molecule has 1 heterocycles. The first-order chi connectivity index (χ1) is 12.6. The average molecular weight is 350 g/mol. The van der Waals surface area contributed by atoms with Crippen molar-refractivity contribution in [3.63, 3.8) is 0 Å². The van der Waals surface area contributed by atoms with Gasteiger partial charge in [0.1, 0.15) is 23.0 Å². The largest absolute Gasteiger partial charge is 0.508 e. The number of rotatable bonds is 3. The Hall–Kier alpha value is -2.88. The first-order valence-electron chi connectivity index (χ1n) is 8.76. The summed E-state index contributed by atoms with van der Waals surface area (Å²) >= 11 is 0. The highest BCUT2D eigenvalue weighted by molar-refractivity contribution is 5.96. The number of fused-ring (bicyclic) bond motifs is 2. The van der Waals surface area contributed by atoms with E-state index in [1.165, 1.54) is 0 Å². The van der Waals surface area contributed by atoms with Crippen molar-refractivity contribution in [2.75, 3.05) is 14.2 Å². The summed E-state index contributed by atoms with van der Waals surface area (Å²) in [5.74, 6) is 2.61.